The molecule has 0 saturated heterocycles. The van der Waals surface area contributed by atoms with Gasteiger partial charge in [0.1, 0.15) is 4.88 Å². The SMILES string of the molecule is Cc1ncc(CN(C)C(=O)c2sccc2N)s1. The summed E-state index contributed by atoms with van der Waals surface area (Å²) in [6.07, 6.45) is 1.81. The standard InChI is InChI=1S/C11H13N3OS2/c1-7-13-5-8(17-7)6-14(2)11(15)10-9(12)3-4-16-10/h3-5H,6,12H2,1-2H3. The molecule has 0 spiro atoms. The minimum atomic E-state index is -0.0384. The number of hydrogen-bond donors (Lipinski definition) is 1. The highest BCUT2D eigenvalue weighted by Gasteiger charge is 2.16. The summed E-state index contributed by atoms with van der Waals surface area (Å²) in [5.74, 6) is -0.0384. The minimum absolute atomic E-state index is 0.0384. The van der Waals surface area contributed by atoms with Gasteiger partial charge >= 0.3 is 0 Å². The molecule has 6 heteroatoms. The van der Waals surface area contributed by atoms with Crippen molar-refractivity contribution in [1.82, 2.24) is 9.88 Å². The lowest BCUT2D eigenvalue weighted by Gasteiger charge is -2.15. The first-order valence-electron chi connectivity index (χ1n) is 5.07. The van der Waals surface area contributed by atoms with Gasteiger partial charge in [-0.25, -0.2) is 4.98 Å². The van der Waals surface area contributed by atoms with Crippen molar-refractivity contribution in [2.75, 3.05) is 12.8 Å². The fourth-order valence-corrected chi connectivity index (χ4v) is 3.11. The van der Waals surface area contributed by atoms with Gasteiger partial charge in [-0.15, -0.1) is 22.7 Å². The van der Waals surface area contributed by atoms with Crippen LogP contribution in [0.25, 0.3) is 0 Å². The van der Waals surface area contributed by atoms with Crippen molar-refractivity contribution in [2.45, 2.75) is 13.5 Å². The molecule has 4 nitrogen and oxygen atoms in total. The number of thiazole rings is 1. The molecule has 2 N–H and O–H groups in total. The van der Waals surface area contributed by atoms with E-state index in [1.165, 1.54) is 11.3 Å². The molecule has 0 saturated carbocycles. The van der Waals surface area contributed by atoms with Crippen LogP contribution in [-0.4, -0.2) is 22.8 Å². The lowest BCUT2D eigenvalue weighted by atomic mass is 10.3. The predicted molar refractivity (Wildman–Crippen MR) is 71.4 cm³/mol. The van der Waals surface area contributed by atoms with Crippen LogP contribution in [0, 0.1) is 6.92 Å². The summed E-state index contributed by atoms with van der Waals surface area (Å²) >= 11 is 2.98. The molecule has 0 bridgehead atoms. The van der Waals surface area contributed by atoms with Gasteiger partial charge in [0.2, 0.25) is 0 Å². The summed E-state index contributed by atoms with van der Waals surface area (Å²) < 4.78 is 0. The minimum Gasteiger partial charge on any atom is -0.397 e. The van der Waals surface area contributed by atoms with Crippen molar-refractivity contribution in [3.63, 3.8) is 0 Å². The molecule has 0 aromatic carbocycles. The molecule has 0 atom stereocenters. The number of aryl methyl sites for hydroxylation is 1. The van der Waals surface area contributed by atoms with Gasteiger partial charge in [-0.1, -0.05) is 0 Å². The zero-order valence-corrected chi connectivity index (χ0v) is 11.3. The molecule has 0 fully saturated rings. The highest BCUT2D eigenvalue weighted by atomic mass is 32.1. The molecule has 0 unspecified atom stereocenters. The second-order valence-corrected chi connectivity index (χ2v) is 5.95. The Morgan fingerprint density at radius 2 is 2.35 bits per heavy atom. The van der Waals surface area contributed by atoms with E-state index in [1.807, 2.05) is 18.5 Å². The fraction of sp³-hybridized carbons (Fsp3) is 0.273. The summed E-state index contributed by atoms with van der Waals surface area (Å²) in [6, 6.07) is 1.75. The van der Waals surface area contributed by atoms with E-state index in [1.54, 1.807) is 29.4 Å². The average Bonchev–Trinajstić information content (AvgIpc) is 2.86. The topological polar surface area (TPSA) is 59.2 Å². The van der Waals surface area contributed by atoms with Crippen molar-refractivity contribution >= 4 is 34.3 Å². The van der Waals surface area contributed by atoms with Gasteiger partial charge in [-0.3, -0.25) is 4.79 Å². The van der Waals surface area contributed by atoms with Crippen LogP contribution in [0.1, 0.15) is 19.6 Å². The van der Waals surface area contributed by atoms with Gasteiger partial charge in [-0.2, -0.15) is 0 Å². The Morgan fingerprint density at radius 1 is 1.59 bits per heavy atom. The largest absolute Gasteiger partial charge is 0.397 e. The van der Waals surface area contributed by atoms with Gasteiger partial charge in [0, 0.05) is 18.1 Å². The van der Waals surface area contributed by atoms with E-state index >= 15 is 0 Å². The molecule has 90 valence electrons. The first-order chi connectivity index (χ1) is 8.08. The molecular formula is C11H13N3OS2. The Morgan fingerprint density at radius 3 is 2.88 bits per heavy atom. The van der Waals surface area contributed by atoms with E-state index in [0.29, 0.717) is 17.1 Å². The molecule has 2 heterocycles. The first kappa shape index (κ1) is 12.1. The number of aromatic nitrogens is 1. The Balaban J connectivity index is 2.08. The van der Waals surface area contributed by atoms with Crippen LogP contribution < -0.4 is 5.73 Å². The van der Waals surface area contributed by atoms with Crippen molar-refractivity contribution in [3.05, 3.63) is 32.4 Å². The Kier molecular flexibility index (Phi) is 3.44. The van der Waals surface area contributed by atoms with Gasteiger partial charge < -0.3 is 10.6 Å². The number of hydrogen-bond acceptors (Lipinski definition) is 5. The second-order valence-electron chi connectivity index (χ2n) is 3.71. The number of anilines is 1. The van der Waals surface area contributed by atoms with Crippen LogP contribution >= 0.6 is 22.7 Å². The number of rotatable bonds is 3. The van der Waals surface area contributed by atoms with E-state index in [4.69, 9.17) is 5.73 Å². The zero-order valence-electron chi connectivity index (χ0n) is 9.64. The summed E-state index contributed by atoms with van der Waals surface area (Å²) in [7, 11) is 1.77. The number of carbonyl (C=O) groups is 1. The summed E-state index contributed by atoms with van der Waals surface area (Å²) in [5, 5.41) is 2.84. The van der Waals surface area contributed by atoms with Crippen molar-refractivity contribution in [3.8, 4) is 0 Å². The number of thiophene rings is 1. The highest BCUT2D eigenvalue weighted by Crippen LogP contribution is 2.22. The lowest BCUT2D eigenvalue weighted by molar-refractivity contribution is 0.0792. The Hall–Kier alpha value is -1.40. The maximum Gasteiger partial charge on any atom is 0.266 e. The van der Waals surface area contributed by atoms with E-state index in [-0.39, 0.29) is 5.91 Å². The van der Waals surface area contributed by atoms with Crippen LogP contribution in [-0.2, 0) is 6.54 Å². The van der Waals surface area contributed by atoms with Crippen LogP contribution in [0.4, 0.5) is 5.69 Å². The highest BCUT2D eigenvalue weighted by molar-refractivity contribution is 7.12. The predicted octanol–water partition coefficient (Wildman–Crippen LogP) is 2.37. The van der Waals surface area contributed by atoms with Crippen LogP contribution in [0.15, 0.2) is 17.6 Å². The second kappa shape index (κ2) is 4.85. The molecule has 2 aromatic rings. The van der Waals surface area contributed by atoms with Crippen LogP contribution in [0.3, 0.4) is 0 Å². The number of carbonyl (C=O) groups excluding carboxylic acids is 1. The van der Waals surface area contributed by atoms with Gasteiger partial charge in [-0.05, 0) is 18.4 Å². The molecule has 1 amide bonds. The Labute approximate surface area is 108 Å². The molecule has 0 aliphatic rings. The molecule has 0 aliphatic heterocycles. The Bertz CT molecular complexity index is 532. The summed E-state index contributed by atoms with van der Waals surface area (Å²) in [4.78, 5) is 19.6. The normalized spacial score (nSPS) is 10.5. The molecule has 2 rings (SSSR count). The van der Waals surface area contributed by atoms with E-state index in [2.05, 4.69) is 4.98 Å². The number of amides is 1. The zero-order chi connectivity index (χ0) is 12.4. The van der Waals surface area contributed by atoms with E-state index < -0.39 is 0 Å². The molecule has 0 radical (unpaired) electrons. The summed E-state index contributed by atoms with van der Waals surface area (Å²) in [5.41, 5.74) is 6.28. The number of nitrogen functional groups attached to an aromatic ring is 1. The molecule has 0 aliphatic carbocycles. The maximum absolute atomic E-state index is 12.1. The third-order valence-corrected chi connectivity index (χ3v) is 4.11. The van der Waals surface area contributed by atoms with Gasteiger partial charge in [0.05, 0.1) is 17.2 Å². The number of nitrogens with two attached hydrogens (primary N) is 1. The fourth-order valence-electron chi connectivity index (χ4n) is 1.45. The van der Waals surface area contributed by atoms with Crippen LogP contribution in [0.5, 0.6) is 0 Å². The monoisotopic (exact) mass is 267 g/mol. The number of nitrogens with zero attached hydrogens (tertiary/aromatic N) is 2. The van der Waals surface area contributed by atoms with E-state index in [9.17, 15) is 4.79 Å². The van der Waals surface area contributed by atoms with Crippen molar-refractivity contribution in [2.24, 2.45) is 0 Å². The van der Waals surface area contributed by atoms with Crippen molar-refractivity contribution < 1.29 is 4.79 Å². The average molecular weight is 267 g/mol. The lowest BCUT2D eigenvalue weighted by Crippen LogP contribution is -2.25. The van der Waals surface area contributed by atoms with Gasteiger partial charge in [0.15, 0.2) is 0 Å². The van der Waals surface area contributed by atoms with Crippen LogP contribution in [0.2, 0.25) is 0 Å². The van der Waals surface area contributed by atoms with Gasteiger partial charge in [0.25, 0.3) is 5.91 Å². The third-order valence-electron chi connectivity index (χ3n) is 2.30. The molecule has 2 aromatic heterocycles. The smallest absolute Gasteiger partial charge is 0.266 e. The van der Waals surface area contributed by atoms with Crippen molar-refractivity contribution in [1.29, 1.82) is 0 Å². The summed E-state index contributed by atoms with van der Waals surface area (Å²) in [6.45, 7) is 2.52. The first-order valence-corrected chi connectivity index (χ1v) is 6.77. The quantitative estimate of drug-likeness (QED) is 0.928. The molecule has 17 heavy (non-hydrogen) atoms. The molecular weight excluding hydrogens is 254 g/mol. The van der Waals surface area contributed by atoms with E-state index in [0.717, 1.165) is 9.88 Å². The maximum atomic E-state index is 12.1. The third kappa shape index (κ3) is 2.65.